The first-order valence-electron chi connectivity index (χ1n) is 4.77. The van der Waals surface area contributed by atoms with Crippen LogP contribution in [0.3, 0.4) is 0 Å². The van der Waals surface area contributed by atoms with Crippen molar-refractivity contribution in [1.29, 1.82) is 0 Å². The van der Waals surface area contributed by atoms with Crippen LogP contribution in [0.5, 0.6) is 0 Å². The molecule has 1 aliphatic heterocycles. The van der Waals surface area contributed by atoms with Gasteiger partial charge in [0.1, 0.15) is 11.0 Å². The molecule has 0 unspecified atom stereocenters. The molecule has 7 heteroatoms. The number of benzene rings is 1. The zero-order valence-electron chi connectivity index (χ0n) is 8.17. The first kappa shape index (κ1) is 10.0. The summed E-state index contributed by atoms with van der Waals surface area (Å²) in [5, 5.41) is 8.47. The van der Waals surface area contributed by atoms with E-state index < -0.39 is 9.84 Å². The highest BCUT2D eigenvalue weighted by molar-refractivity contribution is 7.92. The molecule has 0 aliphatic carbocycles. The molecule has 0 saturated carbocycles. The molecule has 16 heavy (non-hydrogen) atoms. The molecule has 2 aromatic rings. The van der Waals surface area contributed by atoms with E-state index in [4.69, 9.17) is 11.6 Å². The Morgan fingerprint density at radius 2 is 2.12 bits per heavy atom. The Balaban J connectivity index is 2.12. The van der Waals surface area contributed by atoms with Gasteiger partial charge < -0.3 is 0 Å². The van der Waals surface area contributed by atoms with E-state index in [0.717, 1.165) is 0 Å². The van der Waals surface area contributed by atoms with Gasteiger partial charge in [0.05, 0.1) is 22.6 Å². The maximum Gasteiger partial charge on any atom is 0.154 e. The van der Waals surface area contributed by atoms with Gasteiger partial charge in [-0.3, -0.25) is 0 Å². The van der Waals surface area contributed by atoms with Gasteiger partial charge in [-0.05, 0) is 12.1 Å². The van der Waals surface area contributed by atoms with E-state index in [2.05, 4.69) is 10.3 Å². The molecule has 0 radical (unpaired) electrons. The molecule has 0 N–H and O–H groups in total. The Morgan fingerprint density at radius 1 is 1.38 bits per heavy atom. The van der Waals surface area contributed by atoms with Crippen molar-refractivity contribution in [2.24, 2.45) is 0 Å². The zero-order chi connectivity index (χ0) is 11.3. The largest absolute Gasteiger partial charge is 0.238 e. The van der Waals surface area contributed by atoms with Crippen LogP contribution < -0.4 is 0 Å². The third-order valence-corrected chi connectivity index (χ3v) is 4.77. The van der Waals surface area contributed by atoms with Crippen LogP contribution in [0.25, 0.3) is 11.0 Å². The first-order chi connectivity index (χ1) is 7.57. The maximum absolute atomic E-state index is 11.1. The summed E-state index contributed by atoms with van der Waals surface area (Å²) in [4.78, 5) is 0. The Morgan fingerprint density at radius 3 is 2.81 bits per heavy atom. The Kier molecular flexibility index (Phi) is 1.99. The number of sulfone groups is 1. The second-order valence-corrected chi connectivity index (χ2v) is 6.43. The second-order valence-electron chi connectivity index (χ2n) is 3.87. The van der Waals surface area contributed by atoms with Crippen molar-refractivity contribution < 1.29 is 8.42 Å². The summed E-state index contributed by atoms with van der Waals surface area (Å²) >= 11 is 6.05. The molecule has 1 aromatic heterocycles. The number of hydrogen-bond acceptors (Lipinski definition) is 4. The summed E-state index contributed by atoms with van der Waals surface area (Å²) in [6.45, 7) is 0. The second kappa shape index (κ2) is 3.18. The van der Waals surface area contributed by atoms with Gasteiger partial charge >= 0.3 is 0 Å². The number of fused-ring (bicyclic) bond motifs is 1. The van der Waals surface area contributed by atoms with Gasteiger partial charge in [0.2, 0.25) is 0 Å². The van der Waals surface area contributed by atoms with E-state index in [9.17, 15) is 8.42 Å². The molecule has 0 bridgehead atoms. The summed E-state index contributed by atoms with van der Waals surface area (Å²) in [7, 11) is -2.87. The lowest BCUT2D eigenvalue weighted by Gasteiger charge is -2.25. The van der Waals surface area contributed by atoms with Crippen molar-refractivity contribution in [1.82, 2.24) is 15.0 Å². The van der Waals surface area contributed by atoms with Crippen LogP contribution in [-0.4, -0.2) is 34.9 Å². The zero-order valence-corrected chi connectivity index (χ0v) is 9.74. The lowest BCUT2D eigenvalue weighted by atomic mass is 10.3. The molecule has 84 valence electrons. The maximum atomic E-state index is 11.1. The van der Waals surface area contributed by atoms with Gasteiger partial charge in [0, 0.05) is 0 Å². The van der Waals surface area contributed by atoms with Crippen LogP contribution in [0.4, 0.5) is 0 Å². The van der Waals surface area contributed by atoms with E-state index in [-0.39, 0.29) is 17.5 Å². The third kappa shape index (κ3) is 1.41. The summed E-state index contributed by atoms with van der Waals surface area (Å²) in [5.74, 6) is 0.243. The van der Waals surface area contributed by atoms with Gasteiger partial charge in [-0.25, -0.2) is 13.1 Å². The predicted molar refractivity (Wildman–Crippen MR) is 60.2 cm³/mol. The molecule has 2 heterocycles. The number of aromatic nitrogens is 3. The normalized spacial score (nSPS) is 19.8. The molecular formula is C9H8ClN3O2S. The molecule has 5 nitrogen and oxygen atoms in total. The number of hydrogen-bond donors (Lipinski definition) is 0. The molecule has 0 amide bonds. The summed E-state index contributed by atoms with van der Waals surface area (Å²) in [5.41, 5.74) is 1.40. The van der Waals surface area contributed by atoms with Crippen LogP contribution in [-0.2, 0) is 9.84 Å². The monoisotopic (exact) mass is 257 g/mol. The van der Waals surface area contributed by atoms with E-state index in [1.54, 1.807) is 22.9 Å². The molecule has 1 aliphatic rings. The van der Waals surface area contributed by atoms with Gasteiger partial charge in [0.15, 0.2) is 9.84 Å². The van der Waals surface area contributed by atoms with Crippen molar-refractivity contribution >= 4 is 32.5 Å². The topological polar surface area (TPSA) is 64.8 Å². The van der Waals surface area contributed by atoms with Crippen LogP contribution in [0.2, 0.25) is 5.02 Å². The molecule has 0 spiro atoms. The number of nitrogens with zero attached hydrogens (tertiary/aromatic N) is 3. The van der Waals surface area contributed by atoms with E-state index in [0.29, 0.717) is 16.1 Å². The summed E-state index contributed by atoms with van der Waals surface area (Å²) in [6, 6.07) is 5.21. The minimum absolute atomic E-state index is 0.122. The van der Waals surface area contributed by atoms with Crippen molar-refractivity contribution in [3.05, 3.63) is 23.2 Å². The Bertz CT molecular complexity index is 652. The SMILES string of the molecule is O=S1(=O)CC(n2nnc3cccc(Cl)c32)C1. The predicted octanol–water partition coefficient (Wildman–Crippen LogP) is 1.05. The fraction of sp³-hybridized carbons (Fsp3) is 0.333. The van der Waals surface area contributed by atoms with E-state index in [1.807, 2.05) is 0 Å². The standard InChI is InChI=1S/C9H8ClN3O2S/c10-7-2-1-3-8-9(7)13(12-11-8)6-4-16(14,15)5-6/h1-3,6H,4-5H2. The lowest BCUT2D eigenvalue weighted by Crippen LogP contribution is -2.38. The average molecular weight is 258 g/mol. The Hall–Kier alpha value is -1.14. The van der Waals surface area contributed by atoms with Crippen molar-refractivity contribution in [2.45, 2.75) is 6.04 Å². The van der Waals surface area contributed by atoms with Gasteiger partial charge in [-0.15, -0.1) is 5.10 Å². The lowest BCUT2D eigenvalue weighted by molar-refractivity contribution is 0.474. The van der Waals surface area contributed by atoms with E-state index >= 15 is 0 Å². The molecular weight excluding hydrogens is 250 g/mol. The minimum Gasteiger partial charge on any atom is -0.238 e. The summed E-state index contributed by atoms with van der Waals surface area (Å²) in [6.07, 6.45) is 0. The minimum atomic E-state index is -2.87. The van der Waals surface area contributed by atoms with Crippen LogP contribution in [0.1, 0.15) is 6.04 Å². The van der Waals surface area contributed by atoms with Crippen molar-refractivity contribution in [2.75, 3.05) is 11.5 Å². The van der Waals surface area contributed by atoms with Gasteiger partial charge in [-0.1, -0.05) is 22.9 Å². The first-order valence-corrected chi connectivity index (χ1v) is 6.96. The fourth-order valence-electron chi connectivity index (χ4n) is 1.89. The smallest absolute Gasteiger partial charge is 0.154 e. The van der Waals surface area contributed by atoms with Crippen molar-refractivity contribution in [3.8, 4) is 0 Å². The molecule has 3 rings (SSSR count). The van der Waals surface area contributed by atoms with Crippen LogP contribution in [0.15, 0.2) is 18.2 Å². The highest BCUT2D eigenvalue weighted by Gasteiger charge is 2.36. The molecule has 0 atom stereocenters. The van der Waals surface area contributed by atoms with Gasteiger partial charge in [-0.2, -0.15) is 0 Å². The average Bonchev–Trinajstić information content (AvgIpc) is 2.59. The van der Waals surface area contributed by atoms with Crippen LogP contribution in [0, 0.1) is 0 Å². The molecule has 1 saturated heterocycles. The number of rotatable bonds is 1. The highest BCUT2D eigenvalue weighted by Crippen LogP contribution is 2.29. The van der Waals surface area contributed by atoms with E-state index in [1.165, 1.54) is 0 Å². The van der Waals surface area contributed by atoms with Gasteiger partial charge in [0.25, 0.3) is 0 Å². The van der Waals surface area contributed by atoms with Crippen LogP contribution >= 0.6 is 11.6 Å². The quantitative estimate of drug-likeness (QED) is 0.766. The Labute approximate surface area is 96.9 Å². The third-order valence-electron chi connectivity index (χ3n) is 2.68. The fourth-order valence-corrected chi connectivity index (χ4v) is 3.50. The van der Waals surface area contributed by atoms with Crippen molar-refractivity contribution in [3.63, 3.8) is 0 Å². The summed E-state index contributed by atoms with van der Waals surface area (Å²) < 4.78 is 23.8. The number of para-hydroxylation sites is 1. The molecule has 1 aromatic carbocycles. The molecule has 1 fully saturated rings. The highest BCUT2D eigenvalue weighted by atomic mass is 35.5. The number of halogens is 1.